The van der Waals surface area contributed by atoms with E-state index < -0.39 is 0 Å². The van der Waals surface area contributed by atoms with Crippen LogP contribution in [0.3, 0.4) is 0 Å². The van der Waals surface area contributed by atoms with E-state index >= 15 is 0 Å². The monoisotopic (exact) mass is 272 g/mol. The van der Waals surface area contributed by atoms with Crippen molar-refractivity contribution in [1.29, 1.82) is 0 Å². The quantitative estimate of drug-likeness (QED) is 0.841. The van der Waals surface area contributed by atoms with E-state index in [2.05, 4.69) is 15.5 Å². The molecule has 0 bridgehead atoms. The summed E-state index contributed by atoms with van der Waals surface area (Å²) in [4.78, 5) is 4.05. The van der Waals surface area contributed by atoms with Gasteiger partial charge in [0, 0.05) is 12.6 Å². The Hall–Kier alpha value is -1.46. The molecule has 0 saturated heterocycles. The summed E-state index contributed by atoms with van der Waals surface area (Å²) in [7, 11) is 0. The summed E-state index contributed by atoms with van der Waals surface area (Å²) in [5.41, 5.74) is 6.72. The molecular weight excluding hydrogens is 263 g/mol. The zero-order valence-corrected chi connectivity index (χ0v) is 10.5. The summed E-state index contributed by atoms with van der Waals surface area (Å²) >= 11 is 12.0. The van der Waals surface area contributed by atoms with E-state index in [-0.39, 0.29) is 0 Å². The number of hydrogen-bond acceptors (Lipinski definition) is 5. The zero-order valence-electron chi connectivity index (χ0n) is 9.00. The fraction of sp³-hybridized carbons (Fsp3) is 0.200. The van der Waals surface area contributed by atoms with Gasteiger partial charge in [0.25, 0.3) is 0 Å². The highest BCUT2D eigenvalue weighted by molar-refractivity contribution is 6.39. The minimum atomic E-state index is 0.376. The highest BCUT2D eigenvalue weighted by Crippen LogP contribution is 2.32. The smallest absolute Gasteiger partial charge is 0.223 e. The van der Waals surface area contributed by atoms with Gasteiger partial charge >= 0.3 is 0 Å². The van der Waals surface area contributed by atoms with Gasteiger partial charge in [-0.1, -0.05) is 28.4 Å². The number of aryl methyl sites for hydroxylation is 1. The standard InChI is InChI=1S/C10H10Cl2N4O/c1-5-15-9(16-17-5)4-14-10-7(11)2-6(13)3-8(10)12/h2-3,14H,4,13H2,1H3. The lowest BCUT2D eigenvalue weighted by atomic mass is 10.3. The number of nitrogens with one attached hydrogen (secondary N) is 1. The number of halogens is 2. The molecule has 0 fully saturated rings. The molecule has 90 valence electrons. The summed E-state index contributed by atoms with van der Waals surface area (Å²) in [5, 5.41) is 7.69. The number of anilines is 2. The van der Waals surface area contributed by atoms with E-state index in [4.69, 9.17) is 33.5 Å². The molecule has 0 saturated carbocycles. The van der Waals surface area contributed by atoms with E-state index in [0.717, 1.165) is 0 Å². The Morgan fingerprint density at radius 2 is 2.00 bits per heavy atom. The van der Waals surface area contributed by atoms with Crippen molar-refractivity contribution in [1.82, 2.24) is 10.1 Å². The molecule has 2 aromatic rings. The third-order valence-corrected chi connectivity index (χ3v) is 2.65. The number of rotatable bonds is 3. The Morgan fingerprint density at radius 3 is 2.53 bits per heavy atom. The molecule has 3 N–H and O–H groups in total. The number of aromatic nitrogens is 2. The van der Waals surface area contributed by atoms with Gasteiger partial charge in [0.05, 0.1) is 22.3 Å². The Balaban J connectivity index is 2.14. The summed E-state index contributed by atoms with van der Waals surface area (Å²) < 4.78 is 4.85. The maximum Gasteiger partial charge on any atom is 0.223 e. The van der Waals surface area contributed by atoms with E-state index in [0.29, 0.717) is 39.7 Å². The largest absolute Gasteiger partial charge is 0.399 e. The lowest BCUT2D eigenvalue weighted by molar-refractivity contribution is 0.388. The van der Waals surface area contributed by atoms with E-state index in [1.54, 1.807) is 19.1 Å². The van der Waals surface area contributed by atoms with Crippen LogP contribution in [0.25, 0.3) is 0 Å². The van der Waals surface area contributed by atoms with Crippen molar-refractivity contribution in [3.63, 3.8) is 0 Å². The van der Waals surface area contributed by atoms with Crippen LogP contribution in [-0.4, -0.2) is 10.1 Å². The number of hydrogen-bond donors (Lipinski definition) is 2. The first kappa shape index (κ1) is 12.0. The minimum absolute atomic E-state index is 0.376. The molecule has 0 spiro atoms. The van der Waals surface area contributed by atoms with Crippen molar-refractivity contribution in [2.45, 2.75) is 13.5 Å². The van der Waals surface area contributed by atoms with E-state index in [1.807, 2.05) is 0 Å². The maximum absolute atomic E-state index is 6.02. The molecule has 0 unspecified atom stereocenters. The van der Waals surface area contributed by atoms with Crippen molar-refractivity contribution in [2.75, 3.05) is 11.1 Å². The van der Waals surface area contributed by atoms with Gasteiger partial charge in [0.1, 0.15) is 0 Å². The molecule has 0 aliphatic heterocycles. The molecule has 0 atom stereocenters. The number of nitrogens with two attached hydrogens (primary N) is 1. The van der Waals surface area contributed by atoms with Crippen molar-refractivity contribution in [3.05, 3.63) is 33.9 Å². The molecule has 17 heavy (non-hydrogen) atoms. The van der Waals surface area contributed by atoms with Crippen LogP contribution in [0, 0.1) is 6.92 Å². The third kappa shape index (κ3) is 2.81. The third-order valence-electron chi connectivity index (χ3n) is 2.06. The van der Waals surface area contributed by atoms with Gasteiger partial charge in [-0.15, -0.1) is 0 Å². The predicted octanol–water partition coefficient (Wildman–Crippen LogP) is 2.88. The Morgan fingerprint density at radius 1 is 1.35 bits per heavy atom. The van der Waals surface area contributed by atoms with Crippen molar-refractivity contribution < 1.29 is 4.52 Å². The summed E-state index contributed by atoms with van der Waals surface area (Å²) in [6, 6.07) is 3.24. The lowest BCUT2D eigenvalue weighted by Gasteiger charge is -2.09. The summed E-state index contributed by atoms with van der Waals surface area (Å²) in [6.07, 6.45) is 0. The number of nitrogens with zero attached hydrogens (tertiary/aromatic N) is 2. The van der Waals surface area contributed by atoms with Gasteiger partial charge in [-0.3, -0.25) is 0 Å². The average Bonchev–Trinajstić information content (AvgIpc) is 2.62. The molecule has 5 nitrogen and oxygen atoms in total. The molecule has 1 aromatic heterocycles. The fourth-order valence-corrected chi connectivity index (χ4v) is 1.98. The molecule has 2 rings (SSSR count). The van der Waals surface area contributed by atoms with Crippen LogP contribution < -0.4 is 11.1 Å². The van der Waals surface area contributed by atoms with Crippen LogP contribution in [0.5, 0.6) is 0 Å². The van der Waals surface area contributed by atoms with Crippen LogP contribution in [0.1, 0.15) is 11.7 Å². The maximum atomic E-state index is 6.02. The highest BCUT2D eigenvalue weighted by atomic mass is 35.5. The number of benzene rings is 1. The lowest BCUT2D eigenvalue weighted by Crippen LogP contribution is -2.03. The molecule has 0 aliphatic carbocycles. The second kappa shape index (κ2) is 4.81. The van der Waals surface area contributed by atoms with E-state index in [9.17, 15) is 0 Å². The van der Waals surface area contributed by atoms with Gasteiger partial charge in [-0.05, 0) is 12.1 Å². The van der Waals surface area contributed by atoms with Crippen molar-refractivity contribution in [2.24, 2.45) is 0 Å². The SMILES string of the molecule is Cc1nc(CNc2c(Cl)cc(N)cc2Cl)no1. The molecule has 0 radical (unpaired) electrons. The number of nitrogen functional groups attached to an aromatic ring is 1. The normalized spacial score (nSPS) is 10.5. The fourth-order valence-electron chi connectivity index (χ4n) is 1.34. The van der Waals surface area contributed by atoms with Crippen LogP contribution in [-0.2, 0) is 6.54 Å². The topological polar surface area (TPSA) is 77.0 Å². The Bertz CT molecular complexity index is 518. The minimum Gasteiger partial charge on any atom is -0.399 e. The first-order valence-corrected chi connectivity index (χ1v) is 5.59. The van der Waals surface area contributed by atoms with Gasteiger partial charge in [0.15, 0.2) is 5.82 Å². The van der Waals surface area contributed by atoms with Crippen LogP contribution in [0.15, 0.2) is 16.7 Å². The zero-order chi connectivity index (χ0) is 12.4. The molecule has 7 heteroatoms. The molecule has 1 aromatic carbocycles. The first-order valence-electron chi connectivity index (χ1n) is 4.84. The average molecular weight is 273 g/mol. The van der Waals surface area contributed by atoms with Crippen LogP contribution >= 0.6 is 23.2 Å². The van der Waals surface area contributed by atoms with Gasteiger partial charge < -0.3 is 15.6 Å². The van der Waals surface area contributed by atoms with Crippen LogP contribution in [0.2, 0.25) is 10.0 Å². The first-order chi connectivity index (χ1) is 8.06. The second-order valence-corrected chi connectivity index (χ2v) is 4.26. The predicted molar refractivity (Wildman–Crippen MR) is 67.2 cm³/mol. The van der Waals surface area contributed by atoms with Crippen molar-refractivity contribution in [3.8, 4) is 0 Å². The summed E-state index contributed by atoms with van der Waals surface area (Å²) in [6.45, 7) is 2.10. The van der Waals surface area contributed by atoms with Gasteiger partial charge in [-0.2, -0.15) is 4.98 Å². The highest BCUT2D eigenvalue weighted by Gasteiger charge is 2.08. The van der Waals surface area contributed by atoms with E-state index in [1.165, 1.54) is 0 Å². The van der Waals surface area contributed by atoms with Gasteiger partial charge in [0.2, 0.25) is 5.89 Å². The van der Waals surface area contributed by atoms with Gasteiger partial charge in [-0.25, -0.2) is 0 Å². The molecule has 0 aliphatic rings. The van der Waals surface area contributed by atoms with Crippen LogP contribution in [0.4, 0.5) is 11.4 Å². The summed E-state index contributed by atoms with van der Waals surface area (Å²) in [5.74, 6) is 1.04. The second-order valence-electron chi connectivity index (χ2n) is 3.44. The van der Waals surface area contributed by atoms with Crippen molar-refractivity contribution >= 4 is 34.6 Å². The molecule has 1 heterocycles. The Labute approximate surface area is 108 Å². The Kier molecular flexibility index (Phi) is 3.40. The molecule has 0 amide bonds. The molecular formula is C10H10Cl2N4O.